The van der Waals surface area contributed by atoms with E-state index in [9.17, 15) is 9.59 Å². The highest BCUT2D eigenvalue weighted by Gasteiger charge is 2.30. The number of esters is 1. The number of alkyl carbamates (subject to hydrolysis) is 1. The minimum Gasteiger partial charge on any atom is -0.460 e. The molecule has 2 aromatic rings. The summed E-state index contributed by atoms with van der Waals surface area (Å²) in [4.78, 5) is 27.7. The predicted molar refractivity (Wildman–Crippen MR) is 119 cm³/mol. The van der Waals surface area contributed by atoms with Crippen molar-refractivity contribution in [1.29, 1.82) is 0 Å². The number of benzene rings is 2. The fraction of sp³-hybridized carbons (Fsp3) is 0.440. The molecule has 0 bridgehead atoms. The van der Waals surface area contributed by atoms with Crippen molar-refractivity contribution in [3.8, 4) is 0 Å². The summed E-state index contributed by atoms with van der Waals surface area (Å²) in [7, 11) is 0. The van der Waals surface area contributed by atoms with Crippen LogP contribution in [-0.4, -0.2) is 41.8 Å². The number of ether oxygens (including phenoxy) is 2. The SMILES string of the molecule is CC(C)(C)OC(=O)NC(C(=O)OC1CCN(Cc2ccccc2)CC1)c1ccccc1. The zero-order valence-electron chi connectivity index (χ0n) is 18.5. The Labute approximate surface area is 184 Å². The number of carbonyl (C=O) groups is 2. The normalized spacial score (nSPS) is 16.4. The largest absolute Gasteiger partial charge is 0.460 e. The Morgan fingerprint density at radius 2 is 1.58 bits per heavy atom. The number of carbonyl (C=O) groups excluding carboxylic acids is 2. The Morgan fingerprint density at radius 1 is 1.00 bits per heavy atom. The molecule has 1 atom stereocenters. The maximum Gasteiger partial charge on any atom is 0.408 e. The Morgan fingerprint density at radius 3 is 2.16 bits per heavy atom. The minimum absolute atomic E-state index is 0.161. The number of piperidine rings is 1. The van der Waals surface area contributed by atoms with E-state index < -0.39 is 23.7 Å². The molecule has 0 saturated carbocycles. The van der Waals surface area contributed by atoms with E-state index in [1.54, 1.807) is 32.9 Å². The Bertz CT molecular complexity index is 841. The zero-order chi connectivity index (χ0) is 22.3. The molecular weight excluding hydrogens is 392 g/mol. The van der Waals surface area contributed by atoms with Crippen LogP contribution in [0.1, 0.15) is 50.8 Å². The summed E-state index contributed by atoms with van der Waals surface area (Å²) in [6.07, 6.45) is 0.737. The fourth-order valence-electron chi connectivity index (χ4n) is 3.61. The number of rotatable bonds is 6. The first kappa shape index (κ1) is 22.8. The second-order valence-corrected chi connectivity index (χ2v) is 8.89. The summed E-state index contributed by atoms with van der Waals surface area (Å²) in [6, 6.07) is 18.6. The van der Waals surface area contributed by atoms with Gasteiger partial charge in [0.2, 0.25) is 0 Å². The molecule has 31 heavy (non-hydrogen) atoms. The Kier molecular flexibility index (Phi) is 7.69. The second-order valence-electron chi connectivity index (χ2n) is 8.89. The summed E-state index contributed by atoms with van der Waals surface area (Å²) in [5.74, 6) is -0.460. The molecule has 0 aromatic heterocycles. The van der Waals surface area contributed by atoms with Gasteiger partial charge in [-0.15, -0.1) is 0 Å². The first-order chi connectivity index (χ1) is 14.8. The van der Waals surface area contributed by atoms with Crippen LogP contribution in [0.2, 0.25) is 0 Å². The Balaban J connectivity index is 1.57. The lowest BCUT2D eigenvalue weighted by Crippen LogP contribution is -2.42. The average molecular weight is 425 g/mol. The number of hydrogen-bond donors (Lipinski definition) is 1. The van der Waals surface area contributed by atoms with Gasteiger partial charge < -0.3 is 14.8 Å². The second kappa shape index (κ2) is 10.4. The van der Waals surface area contributed by atoms with E-state index in [1.807, 2.05) is 36.4 Å². The van der Waals surface area contributed by atoms with Crippen LogP contribution in [0.5, 0.6) is 0 Å². The van der Waals surface area contributed by atoms with Gasteiger partial charge in [-0.1, -0.05) is 60.7 Å². The standard InChI is InChI=1S/C25H32N2O4/c1-25(2,3)31-24(29)26-22(20-12-8-5-9-13-20)23(28)30-21-14-16-27(17-15-21)18-19-10-6-4-7-11-19/h4-13,21-22H,14-18H2,1-3H3,(H,26,29). The van der Waals surface area contributed by atoms with Crippen LogP contribution in [0, 0.1) is 0 Å². The van der Waals surface area contributed by atoms with Gasteiger partial charge in [0.1, 0.15) is 11.7 Å². The molecule has 3 rings (SSSR count). The lowest BCUT2D eigenvalue weighted by atomic mass is 10.1. The molecule has 166 valence electrons. The fourth-order valence-corrected chi connectivity index (χ4v) is 3.61. The monoisotopic (exact) mass is 424 g/mol. The molecule has 1 heterocycles. The molecule has 1 amide bonds. The maximum absolute atomic E-state index is 13.0. The van der Waals surface area contributed by atoms with Gasteiger partial charge in [0.05, 0.1) is 0 Å². The zero-order valence-corrected chi connectivity index (χ0v) is 18.5. The molecule has 1 aliphatic heterocycles. The lowest BCUT2D eigenvalue weighted by molar-refractivity contribution is -0.154. The molecule has 1 aliphatic rings. The molecule has 6 heteroatoms. The van der Waals surface area contributed by atoms with Crippen LogP contribution in [0.25, 0.3) is 0 Å². The molecule has 1 unspecified atom stereocenters. The van der Waals surface area contributed by atoms with Crippen molar-refractivity contribution in [2.24, 2.45) is 0 Å². The van der Waals surface area contributed by atoms with Crippen LogP contribution in [0.4, 0.5) is 4.79 Å². The third kappa shape index (κ3) is 7.40. The highest BCUT2D eigenvalue weighted by Crippen LogP contribution is 2.21. The molecule has 0 radical (unpaired) electrons. The summed E-state index contributed by atoms with van der Waals surface area (Å²) < 4.78 is 11.1. The molecule has 0 spiro atoms. The smallest absolute Gasteiger partial charge is 0.408 e. The molecule has 2 aromatic carbocycles. The van der Waals surface area contributed by atoms with Crippen LogP contribution in [0.3, 0.4) is 0 Å². The predicted octanol–water partition coefficient (Wildman–Crippen LogP) is 4.46. The third-order valence-corrected chi connectivity index (χ3v) is 5.10. The van der Waals surface area contributed by atoms with E-state index in [2.05, 4.69) is 22.3 Å². The van der Waals surface area contributed by atoms with E-state index in [1.165, 1.54) is 5.56 Å². The first-order valence-corrected chi connectivity index (χ1v) is 10.8. The van der Waals surface area contributed by atoms with Gasteiger partial charge in [-0.05, 0) is 44.7 Å². The topological polar surface area (TPSA) is 67.9 Å². The van der Waals surface area contributed by atoms with Crippen molar-refractivity contribution in [2.45, 2.75) is 57.9 Å². The lowest BCUT2D eigenvalue weighted by Gasteiger charge is -2.32. The summed E-state index contributed by atoms with van der Waals surface area (Å²) in [5, 5.41) is 2.67. The molecule has 0 aliphatic carbocycles. The van der Waals surface area contributed by atoms with Crippen LogP contribution < -0.4 is 5.32 Å². The summed E-state index contributed by atoms with van der Waals surface area (Å²) in [6.45, 7) is 7.97. The number of nitrogens with one attached hydrogen (secondary N) is 1. The maximum atomic E-state index is 13.0. The van der Waals surface area contributed by atoms with E-state index in [-0.39, 0.29) is 6.10 Å². The molecule has 6 nitrogen and oxygen atoms in total. The first-order valence-electron chi connectivity index (χ1n) is 10.8. The van der Waals surface area contributed by atoms with Gasteiger partial charge in [0.25, 0.3) is 0 Å². The van der Waals surface area contributed by atoms with Gasteiger partial charge >= 0.3 is 12.1 Å². The molecule has 1 fully saturated rings. The van der Waals surface area contributed by atoms with Crippen molar-refractivity contribution in [1.82, 2.24) is 10.2 Å². The van der Waals surface area contributed by atoms with Crippen molar-refractivity contribution in [2.75, 3.05) is 13.1 Å². The highest BCUT2D eigenvalue weighted by molar-refractivity contribution is 5.83. The molecule has 1 saturated heterocycles. The van der Waals surface area contributed by atoms with Crippen molar-refractivity contribution < 1.29 is 19.1 Å². The van der Waals surface area contributed by atoms with Crippen molar-refractivity contribution in [3.05, 3.63) is 71.8 Å². The number of likely N-dealkylation sites (tertiary alicyclic amines) is 1. The Hall–Kier alpha value is -2.86. The highest BCUT2D eigenvalue weighted by atomic mass is 16.6. The van der Waals surface area contributed by atoms with Gasteiger partial charge in [-0.25, -0.2) is 9.59 Å². The summed E-state index contributed by atoms with van der Waals surface area (Å²) in [5.41, 5.74) is 1.30. The van der Waals surface area contributed by atoms with Crippen LogP contribution >= 0.6 is 0 Å². The number of amides is 1. The third-order valence-electron chi connectivity index (χ3n) is 5.10. The van der Waals surface area contributed by atoms with Crippen LogP contribution in [-0.2, 0) is 20.8 Å². The van der Waals surface area contributed by atoms with E-state index in [4.69, 9.17) is 9.47 Å². The van der Waals surface area contributed by atoms with Crippen molar-refractivity contribution in [3.63, 3.8) is 0 Å². The van der Waals surface area contributed by atoms with E-state index in [0.717, 1.165) is 32.5 Å². The number of nitrogens with zero attached hydrogens (tertiary/aromatic N) is 1. The minimum atomic E-state index is -0.904. The van der Waals surface area contributed by atoms with E-state index in [0.29, 0.717) is 5.56 Å². The average Bonchev–Trinajstić information content (AvgIpc) is 2.73. The van der Waals surface area contributed by atoms with E-state index >= 15 is 0 Å². The molecular formula is C25H32N2O4. The molecule has 1 N–H and O–H groups in total. The number of hydrogen-bond acceptors (Lipinski definition) is 5. The van der Waals surface area contributed by atoms with Crippen LogP contribution in [0.15, 0.2) is 60.7 Å². The van der Waals surface area contributed by atoms with Crippen molar-refractivity contribution >= 4 is 12.1 Å². The quantitative estimate of drug-likeness (QED) is 0.694. The van der Waals surface area contributed by atoms with Gasteiger partial charge in [-0.3, -0.25) is 4.90 Å². The van der Waals surface area contributed by atoms with Gasteiger partial charge in [-0.2, -0.15) is 0 Å². The van der Waals surface area contributed by atoms with Gasteiger partial charge in [0.15, 0.2) is 6.04 Å². The summed E-state index contributed by atoms with van der Waals surface area (Å²) >= 11 is 0. The van der Waals surface area contributed by atoms with Gasteiger partial charge in [0, 0.05) is 19.6 Å².